The molecule has 4 heteroatoms. The molecule has 0 aliphatic heterocycles. The molecule has 2 aromatic rings. The molecule has 0 aromatic heterocycles. The molecule has 2 aromatic carbocycles. The summed E-state index contributed by atoms with van der Waals surface area (Å²) in [6, 6.07) is 14.4. The van der Waals surface area contributed by atoms with Crippen LogP contribution in [0.2, 0.25) is 0 Å². The van der Waals surface area contributed by atoms with Crippen molar-refractivity contribution in [3.05, 3.63) is 54.1 Å². The third-order valence-corrected chi connectivity index (χ3v) is 6.20. The van der Waals surface area contributed by atoms with Gasteiger partial charge in [0.1, 0.15) is 17.2 Å². The van der Waals surface area contributed by atoms with Gasteiger partial charge in [0.05, 0.1) is 18.8 Å². The Labute approximate surface area is 207 Å². The van der Waals surface area contributed by atoms with E-state index in [2.05, 4.69) is 20.8 Å². The van der Waals surface area contributed by atoms with Gasteiger partial charge in [0, 0.05) is 0 Å². The van der Waals surface area contributed by atoms with Crippen LogP contribution in [0.5, 0.6) is 17.2 Å². The number of unbranched alkanes of at least 4 members (excludes halogenated alkanes) is 7. The minimum absolute atomic E-state index is 0.379. The summed E-state index contributed by atoms with van der Waals surface area (Å²) in [4.78, 5) is 12.4. The van der Waals surface area contributed by atoms with E-state index in [-0.39, 0.29) is 5.97 Å². The first-order valence-corrected chi connectivity index (χ1v) is 13.3. The molecule has 0 heterocycles. The molecule has 0 amide bonds. The van der Waals surface area contributed by atoms with Crippen LogP contribution in [0.4, 0.5) is 0 Å². The highest BCUT2D eigenvalue weighted by atomic mass is 16.5. The van der Waals surface area contributed by atoms with Gasteiger partial charge in [-0.15, -0.1) is 0 Å². The van der Waals surface area contributed by atoms with Gasteiger partial charge in [-0.05, 0) is 73.7 Å². The number of carbonyl (C=O) groups is 1. The van der Waals surface area contributed by atoms with Gasteiger partial charge in [-0.3, -0.25) is 0 Å². The summed E-state index contributed by atoms with van der Waals surface area (Å²) < 4.78 is 17.1. The van der Waals surface area contributed by atoms with Gasteiger partial charge in [-0.25, -0.2) is 4.79 Å². The number of esters is 1. The van der Waals surface area contributed by atoms with Crippen molar-refractivity contribution < 1.29 is 19.0 Å². The van der Waals surface area contributed by atoms with Crippen LogP contribution < -0.4 is 14.2 Å². The first-order chi connectivity index (χ1) is 16.6. The van der Waals surface area contributed by atoms with Gasteiger partial charge in [-0.1, -0.05) is 72.1 Å². The maximum Gasteiger partial charge on any atom is 0.343 e. The van der Waals surface area contributed by atoms with E-state index in [0.717, 1.165) is 36.9 Å². The first kappa shape index (κ1) is 27.8. The van der Waals surface area contributed by atoms with E-state index >= 15 is 0 Å². The third kappa shape index (κ3) is 11.6. The highest BCUT2D eigenvalue weighted by Gasteiger charge is 2.09. The Kier molecular flexibility index (Phi) is 13.9. The number of benzene rings is 2. The topological polar surface area (TPSA) is 44.8 Å². The van der Waals surface area contributed by atoms with Crippen LogP contribution in [0.1, 0.15) is 102 Å². The summed E-state index contributed by atoms with van der Waals surface area (Å²) in [5.41, 5.74) is 0.502. The molecule has 188 valence electrons. The predicted molar refractivity (Wildman–Crippen MR) is 140 cm³/mol. The first-order valence-electron chi connectivity index (χ1n) is 13.3. The second-order valence-corrected chi connectivity index (χ2v) is 9.21. The molecule has 1 atom stereocenters. The fourth-order valence-corrected chi connectivity index (χ4v) is 3.71. The molecule has 0 bridgehead atoms. The van der Waals surface area contributed by atoms with E-state index in [4.69, 9.17) is 14.2 Å². The summed E-state index contributed by atoms with van der Waals surface area (Å²) in [6.45, 7) is 8.14. The van der Waals surface area contributed by atoms with Crippen molar-refractivity contribution in [3.63, 3.8) is 0 Å². The largest absolute Gasteiger partial charge is 0.494 e. The van der Waals surface area contributed by atoms with Crippen molar-refractivity contribution in [3.8, 4) is 17.2 Å². The molecular formula is C30H44O4. The van der Waals surface area contributed by atoms with Crippen LogP contribution in [-0.4, -0.2) is 19.2 Å². The Morgan fingerprint density at radius 2 is 1.18 bits per heavy atom. The molecule has 34 heavy (non-hydrogen) atoms. The molecule has 0 fully saturated rings. The predicted octanol–water partition coefficient (Wildman–Crippen LogP) is 8.63. The molecule has 0 aliphatic carbocycles. The van der Waals surface area contributed by atoms with Crippen LogP contribution >= 0.6 is 0 Å². The average molecular weight is 469 g/mol. The fraction of sp³-hybridized carbons (Fsp3) is 0.567. The highest BCUT2D eigenvalue weighted by Crippen LogP contribution is 2.20. The Balaban J connectivity index is 1.64. The lowest BCUT2D eigenvalue weighted by Gasteiger charge is -2.10. The lowest BCUT2D eigenvalue weighted by molar-refractivity contribution is 0.0734. The quantitative estimate of drug-likeness (QED) is 0.125. The monoisotopic (exact) mass is 468 g/mol. The number of ether oxygens (including phenoxy) is 3. The van der Waals surface area contributed by atoms with Gasteiger partial charge < -0.3 is 14.2 Å². The Bertz CT molecular complexity index is 782. The summed E-state index contributed by atoms with van der Waals surface area (Å²) in [6.07, 6.45) is 13.7. The highest BCUT2D eigenvalue weighted by molar-refractivity contribution is 5.91. The van der Waals surface area contributed by atoms with Crippen molar-refractivity contribution in [2.75, 3.05) is 13.2 Å². The molecule has 0 radical (unpaired) electrons. The van der Waals surface area contributed by atoms with Crippen molar-refractivity contribution in [1.82, 2.24) is 0 Å². The van der Waals surface area contributed by atoms with E-state index in [0.29, 0.717) is 17.9 Å². The van der Waals surface area contributed by atoms with E-state index in [9.17, 15) is 4.79 Å². The van der Waals surface area contributed by atoms with Crippen molar-refractivity contribution >= 4 is 5.97 Å². The zero-order chi connectivity index (χ0) is 24.4. The van der Waals surface area contributed by atoms with Gasteiger partial charge in [-0.2, -0.15) is 0 Å². The molecule has 0 saturated heterocycles. The number of hydrogen-bond acceptors (Lipinski definition) is 4. The minimum atomic E-state index is -0.379. The van der Waals surface area contributed by atoms with Gasteiger partial charge >= 0.3 is 5.97 Å². The van der Waals surface area contributed by atoms with Gasteiger partial charge in [0.15, 0.2) is 0 Å². The van der Waals surface area contributed by atoms with E-state index in [1.54, 1.807) is 24.3 Å². The minimum Gasteiger partial charge on any atom is -0.494 e. The molecule has 4 nitrogen and oxygen atoms in total. The molecule has 0 saturated carbocycles. The fourth-order valence-electron chi connectivity index (χ4n) is 3.71. The summed E-state index contributed by atoms with van der Waals surface area (Å²) in [5.74, 6) is 2.44. The lowest BCUT2D eigenvalue weighted by atomic mass is 10.0. The SMILES string of the molecule is CCCCCCCCCCOc1ccc(OC(=O)c2ccc(OCCCC(C)CC)cc2)cc1. The van der Waals surface area contributed by atoms with Crippen LogP contribution in [-0.2, 0) is 0 Å². The smallest absolute Gasteiger partial charge is 0.343 e. The van der Waals surface area contributed by atoms with Gasteiger partial charge in [0.25, 0.3) is 0 Å². The zero-order valence-corrected chi connectivity index (χ0v) is 21.5. The maximum absolute atomic E-state index is 12.4. The second kappa shape index (κ2) is 17.0. The van der Waals surface area contributed by atoms with Crippen molar-refractivity contribution in [1.29, 1.82) is 0 Å². The number of carbonyl (C=O) groups excluding carboxylic acids is 1. The Morgan fingerprint density at radius 1 is 0.676 bits per heavy atom. The summed E-state index contributed by atoms with van der Waals surface area (Å²) in [7, 11) is 0. The normalized spacial score (nSPS) is 11.7. The van der Waals surface area contributed by atoms with Crippen LogP contribution in [0, 0.1) is 5.92 Å². The molecule has 1 unspecified atom stereocenters. The van der Waals surface area contributed by atoms with Gasteiger partial charge in [0.2, 0.25) is 0 Å². The molecule has 2 rings (SSSR count). The maximum atomic E-state index is 12.4. The molecule has 0 N–H and O–H groups in total. The van der Waals surface area contributed by atoms with Crippen LogP contribution in [0.25, 0.3) is 0 Å². The standard InChI is InChI=1S/C30H44O4/c1-4-6-7-8-9-10-11-12-23-32-28-19-21-29(22-20-28)34-30(31)26-15-17-27(18-16-26)33-24-13-14-25(3)5-2/h15-22,25H,4-14,23-24H2,1-3H3. The molecule has 0 spiro atoms. The van der Waals surface area contributed by atoms with E-state index < -0.39 is 0 Å². The van der Waals surface area contributed by atoms with E-state index in [1.807, 2.05) is 24.3 Å². The Hall–Kier alpha value is -2.49. The lowest BCUT2D eigenvalue weighted by Crippen LogP contribution is -2.08. The van der Waals surface area contributed by atoms with Crippen molar-refractivity contribution in [2.45, 2.75) is 91.4 Å². The van der Waals surface area contributed by atoms with Crippen LogP contribution in [0.15, 0.2) is 48.5 Å². The number of hydrogen-bond donors (Lipinski definition) is 0. The van der Waals surface area contributed by atoms with Crippen molar-refractivity contribution in [2.24, 2.45) is 5.92 Å². The zero-order valence-electron chi connectivity index (χ0n) is 21.5. The third-order valence-electron chi connectivity index (χ3n) is 6.20. The Morgan fingerprint density at radius 3 is 1.76 bits per heavy atom. The van der Waals surface area contributed by atoms with Crippen LogP contribution in [0.3, 0.4) is 0 Å². The average Bonchev–Trinajstić information content (AvgIpc) is 2.86. The summed E-state index contributed by atoms with van der Waals surface area (Å²) >= 11 is 0. The molecular weight excluding hydrogens is 424 g/mol. The van der Waals surface area contributed by atoms with E-state index in [1.165, 1.54) is 57.8 Å². The number of rotatable bonds is 18. The molecule has 0 aliphatic rings. The second-order valence-electron chi connectivity index (χ2n) is 9.21. The summed E-state index contributed by atoms with van der Waals surface area (Å²) in [5, 5.41) is 0.